The van der Waals surface area contributed by atoms with Crippen molar-refractivity contribution >= 4 is 17.5 Å². The van der Waals surface area contributed by atoms with Crippen LogP contribution in [0.5, 0.6) is 5.75 Å². The van der Waals surface area contributed by atoms with E-state index in [1.54, 1.807) is 24.3 Å². The van der Waals surface area contributed by atoms with Gasteiger partial charge in [0.05, 0.1) is 5.69 Å². The predicted octanol–water partition coefficient (Wildman–Crippen LogP) is 1.64. The second-order valence-electron chi connectivity index (χ2n) is 7.13. The molecule has 0 saturated heterocycles. The van der Waals surface area contributed by atoms with Gasteiger partial charge in [0.25, 0.3) is 5.91 Å². The van der Waals surface area contributed by atoms with Crippen LogP contribution in [-0.4, -0.2) is 46.4 Å². The van der Waals surface area contributed by atoms with E-state index in [1.807, 2.05) is 0 Å². The minimum absolute atomic E-state index is 0.0282. The second-order valence-corrected chi connectivity index (χ2v) is 7.13. The average molecular weight is 409 g/mol. The summed E-state index contributed by atoms with van der Waals surface area (Å²) in [7, 11) is 1.41. The van der Waals surface area contributed by atoms with Gasteiger partial charge in [0.2, 0.25) is 11.7 Å². The monoisotopic (exact) mass is 409 g/mol. The number of aryl methyl sites for hydroxylation is 1. The van der Waals surface area contributed by atoms with Crippen LogP contribution in [0, 0.1) is 5.92 Å². The van der Waals surface area contributed by atoms with Gasteiger partial charge in [-0.1, -0.05) is 12.1 Å². The number of alkyl halides is 3. The van der Waals surface area contributed by atoms with Crippen LogP contribution in [-0.2, 0) is 16.8 Å². The van der Waals surface area contributed by atoms with E-state index >= 15 is 0 Å². The van der Waals surface area contributed by atoms with Crippen LogP contribution in [0.2, 0.25) is 0 Å². The van der Waals surface area contributed by atoms with Crippen LogP contribution in [0.4, 0.5) is 18.9 Å². The van der Waals surface area contributed by atoms with E-state index in [0.717, 1.165) is 0 Å². The highest BCUT2D eigenvalue weighted by Gasteiger charge is 2.66. The topological polar surface area (TPSA) is 103 Å². The van der Waals surface area contributed by atoms with E-state index in [4.69, 9.17) is 10.5 Å². The van der Waals surface area contributed by atoms with E-state index < -0.39 is 48.3 Å². The largest absolute Gasteiger partial charge is 0.490 e. The van der Waals surface area contributed by atoms with Crippen molar-refractivity contribution in [1.82, 2.24) is 14.8 Å². The fourth-order valence-corrected chi connectivity index (χ4v) is 4.13. The van der Waals surface area contributed by atoms with Gasteiger partial charge in [-0.3, -0.25) is 9.59 Å². The van der Waals surface area contributed by atoms with Crippen LogP contribution in [0.15, 0.2) is 24.3 Å². The van der Waals surface area contributed by atoms with Crippen LogP contribution < -0.4 is 15.4 Å². The standard InChI is InChI=1S/C18H18F3N5O3/c1-25-11-5-2-3-6-12(11)29-9-10(16(25)28)17(18(19,20)21)8-4-7-13-23-15(14(22)27)24-26(13)17/h2-3,5-6,10H,4,7-9H2,1H3,(H2,22,27)/t10-,17?/m0/s1. The third-order valence-corrected chi connectivity index (χ3v) is 5.56. The first kappa shape index (κ1) is 19.2. The van der Waals surface area contributed by atoms with Gasteiger partial charge in [0.15, 0.2) is 5.54 Å². The van der Waals surface area contributed by atoms with Crippen molar-refractivity contribution in [2.24, 2.45) is 11.7 Å². The summed E-state index contributed by atoms with van der Waals surface area (Å²) in [6.07, 6.45) is -4.94. The first-order chi connectivity index (χ1) is 13.7. The maximum absolute atomic E-state index is 14.6. The van der Waals surface area contributed by atoms with Crippen LogP contribution in [0.1, 0.15) is 29.3 Å². The Balaban J connectivity index is 1.89. The summed E-state index contributed by atoms with van der Waals surface area (Å²) in [5.74, 6) is -3.63. The van der Waals surface area contributed by atoms with Crippen molar-refractivity contribution in [1.29, 1.82) is 0 Å². The minimum atomic E-state index is -4.86. The highest BCUT2D eigenvalue weighted by molar-refractivity contribution is 5.97. The highest BCUT2D eigenvalue weighted by Crippen LogP contribution is 2.50. The summed E-state index contributed by atoms with van der Waals surface area (Å²) in [6, 6.07) is 6.53. The van der Waals surface area contributed by atoms with Crippen molar-refractivity contribution in [3.63, 3.8) is 0 Å². The number of carbonyl (C=O) groups is 2. The Morgan fingerprint density at radius 3 is 2.76 bits per heavy atom. The molecule has 154 valence electrons. The van der Waals surface area contributed by atoms with Gasteiger partial charge >= 0.3 is 6.18 Å². The number of carbonyl (C=O) groups excluding carboxylic acids is 2. The van der Waals surface area contributed by atoms with E-state index in [0.29, 0.717) is 16.1 Å². The number of rotatable bonds is 2. The molecule has 0 aliphatic carbocycles. The normalized spacial score (nSPS) is 24.3. The number of para-hydroxylation sites is 2. The van der Waals surface area contributed by atoms with Gasteiger partial charge in [-0.05, 0) is 25.0 Å². The third-order valence-electron chi connectivity index (χ3n) is 5.56. The van der Waals surface area contributed by atoms with Crippen molar-refractivity contribution in [3.05, 3.63) is 35.9 Å². The molecule has 29 heavy (non-hydrogen) atoms. The zero-order chi connectivity index (χ0) is 21.0. The Hall–Kier alpha value is -3.11. The van der Waals surface area contributed by atoms with Crippen LogP contribution in [0.3, 0.4) is 0 Å². The molecule has 8 nitrogen and oxygen atoms in total. The molecule has 0 radical (unpaired) electrons. The summed E-state index contributed by atoms with van der Waals surface area (Å²) in [6.45, 7) is -0.495. The van der Waals surface area contributed by atoms with Gasteiger partial charge in [-0.25, -0.2) is 9.67 Å². The lowest BCUT2D eigenvalue weighted by Crippen LogP contribution is -2.61. The molecule has 1 aromatic heterocycles. The summed E-state index contributed by atoms with van der Waals surface area (Å²) in [5, 5.41) is 3.77. The quantitative estimate of drug-likeness (QED) is 0.812. The van der Waals surface area contributed by atoms with Gasteiger partial charge in [0.1, 0.15) is 24.1 Å². The molecule has 0 spiro atoms. The molecule has 1 unspecified atom stereocenters. The summed E-state index contributed by atoms with van der Waals surface area (Å²) in [4.78, 5) is 29.7. The highest BCUT2D eigenvalue weighted by atomic mass is 19.4. The fraction of sp³-hybridized carbons (Fsp3) is 0.444. The zero-order valence-electron chi connectivity index (χ0n) is 15.4. The molecule has 2 aromatic rings. The van der Waals surface area contributed by atoms with Gasteiger partial charge in [-0.2, -0.15) is 13.2 Å². The molecule has 2 N–H and O–H groups in total. The predicted molar refractivity (Wildman–Crippen MR) is 94.3 cm³/mol. The van der Waals surface area contributed by atoms with Gasteiger partial charge in [0, 0.05) is 13.5 Å². The van der Waals surface area contributed by atoms with E-state index in [2.05, 4.69) is 10.1 Å². The zero-order valence-corrected chi connectivity index (χ0v) is 15.4. The fourth-order valence-electron chi connectivity index (χ4n) is 4.13. The molecule has 11 heteroatoms. The SMILES string of the molecule is CN1C(=O)[C@@H](C2(C(F)(F)F)CCCc3nc(C(N)=O)nn32)COc2ccccc21. The number of halogens is 3. The summed E-state index contributed by atoms with van der Waals surface area (Å²) < 4.78 is 50.1. The van der Waals surface area contributed by atoms with Crippen LogP contribution in [0.25, 0.3) is 0 Å². The number of aromatic nitrogens is 3. The van der Waals surface area contributed by atoms with Crippen LogP contribution >= 0.6 is 0 Å². The molecule has 2 amide bonds. The van der Waals surface area contributed by atoms with Crippen molar-refractivity contribution in [3.8, 4) is 5.75 Å². The number of ether oxygens (including phenoxy) is 1. The lowest BCUT2D eigenvalue weighted by atomic mass is 9.76. The average Bonchev–Trinajstić information content (AvgIpc) is 3.07. The second kappa shape index (κ2) is 6.46. The molecule has 0 bridgehead atoms. The molecule has 1 aromatic carbocycles. The molecule has 2 atom stereocenters. The molecule has 2 aliphatic rings. The van der Waals surface area contributed by atoms with E-state index in [1.165, 1.54) is 11.9 Å². The summed E-state index contributed by atoms with van der Waals surface area (Å²) >= 11 is 0. The molecule has 2 aliphatic heterocycles. The number of hydrogen-bond acceptors (Lipinski definition) is 5. The smallest absolute Gasteiger partial charge is 0.414 e. The Bertz CT molecular complexity index is 989. The minimum Gasteiger partial charge on any atom is -0.490 e. The molecule has 3 heterocycles. The Morgan fingerprint density at radius 1 is 1.34 bits per heavy atom. The van der Waals surface area contributed by atoms with Crippen molar-refractivity contribution < 1.29 is 27.5 Å². The maximum atomic E-state index is 14.6. The number of hydrogen-bond donors (Lipinski definition) is 1. The first-order valence-corrected chi connectivity index (χ1v) is 8.99. The van der Waals surface area contributed by atoms with Crippen molar-refractivity contribution in [2.75, 3.05) is 18.6 Å². The number of amides is 2. The Morgan fingerprint density at radius 2 is 2.07 bits per heavy atom. The third kappa shape index (κ3) is 2.75. The van der Waals surface area contributed by atoms with E-state index in [-0.39, 0.29) is 18.7 Å². The molecular weight excluding hydrogens is 391 g/mol. The van der Waals surface area contributed by atoms with E-state index in [9.17, 15) is 22.8 Å². The number of benzene rings is 1. The Labute approximate surface area is 163 Å². The maximum Gasteiger partial charge on any atom is 0.414 e. The lowest BCUT2D eigenvalue weighted by molar-refractivity contribution is -0.243. The number of anilines is 1. The molecule has 4 rings (SSSR count). The van der Waals surface area contributed by atoms with Crippen molar-refractivity contribution in [2.45, 2.75) is 31.0 Å². The molecule has 0 fully saturated rings. The lowest BCUT2D eigenvalue weighted by Gasteiger charge is -2.43. The van der Waals surface area contributed by atoms with Gasteiger partial charge < -0.3 is 15.4 Å². The molecular formula is C18H18F3N5O3. The number of primary amides is 1. The number of nitrogens with zero attached hydrogens (tertiary/aromatic N) is 4. The number of fused-ring (bicyclic) bond motifs is 2. The first-order valence-electron chi connectivity index (χ1n) is 8.99. The number of nitrogens with two attached hydrogens (primary N) is 1. The van der Waals surface area contributed by atoms with Gasteiger partial charge in [-0.15, -0.1) is 5.10 Å². The Kier molecular flexibility index (Phi) is 4.28. The molecule has 0 saturated carbocycles. The summed E-state index contributed by atoms with van der Waals surface area (Å²) in [5.41, 5.74) is 2.86.